The number of carbonyl (C=O) groups excluding carboxylic acids is 1. The van der Waals surface area contributed by atoms with E-state index in [1.165, 1.54) is 5.56 Å². The fraction of sp³-hybridized carbons (Fsp3) is 0.316. The molecule has 4 rings (SSSR count). The molecule has 128 valence electrons. The van der Waals surface area contributed by atoms with Gasteiger partial charge in [0.1, 0.15) is 6.54 Å². The number of rotatable bonds is 4. The average Bonchev–Trinajstić information content (AvgIpc) is 3.35. The van der Waals surface area contributed by atoms with Gasteiger partial charge in [0.25, 0.3) is 0 Å². The molecular weight excluding hydrogens is 316 g/mol. The number of hydrogen-bond donors (Lipinski definition) is 0. The third-order valence-electron chi connectivity index (χ3n) is 4.74. The van der Waals surface area contributed by atoms with Crippen LogP contribution in [0.15, 0.2) is 59.4 Å². The highest BCUT2D eigenvalue weighted by Crippen LogP contribution is 2.39. The molecule has 0 spiro atoms. The van der Waals surface area contributed by atoms with E-state index in [0.717, 1.165) is 0 Å². The van der Waals surface area contributed by atoms with E-state index < -0.39 is 0 Å². The molecule has 3 aromatic rings. The third kappa shape index (κ3) is 3.20. The summed E-state index contributed by atoms with van der Waals surface area (Å²) in [5, 5.41) is 3.93. The largest absolute Gasteiger partial charge is 0.345 e. The Bertz CT molecular complexity index is 841. The van der Waals surface area contributed by atoms with Gasteiger partial charge in [-0.25, -0.2) is 0 Å². The third-order valence-corrected chi connectivity index (χ3v) is 4.74. The summed E-state index contributed by atoms with van der Waals surface area (Å²) >= 11 is 0. The minimum absolute atomic E-state index is 0.0252. The molecule has 0 aliphatic carbocycles. The van der Waals surface area contributed by atoms with Crippen molar-refractivity contribution in [2.45, 2.75) is 25.3 Å². The van der Waals surface area contributed by atoms with Crippen molar-refractivity contribution < 1.29 is 9.32 Å². The molecule has 0 radical (unpaired) electrons. The maximum atomic E-state index is 12.7. The molecule has 1 saturated heterocycles. The summed E-state index contributed by atoms with van der Waals surface area (Å²) in [6.45, 7) is 3.43. The highest BCUT2D eigenvalue weighted by Gasteiger charge is 2.40. The van der Waals surface area contributed by atoms with E-state index >= 15 is 0 Å². The zero-order chi connectivity index (χ0) is 17.2. The molecule has 0 N–H and O–H groups in total. The molecule has 2 atom stereocenters. The molecule has 2 aromatic heterocycles. The summed E-state index contributed by atoms with van der Waals surface area (Å²) < 4.78 is 7.32. The molecule has 0 bridgehead atoms. The zero-order valence-corrected chi connectivity index (χ0v) is 14.1. The highest BCUT2D eigenvalue weighted by molar-refractivity contribution is 5.76. The van der Waals surface area contributed by atoms with Crippen LogP contribution < -0.4 is 0 Å². The summed E-state index contributed by atoms with van der Waals surface area (Å²) in [4.78, 5) is 19.0. The number of likely N-dealkylation sites (tertiary alicyclic amines) is 1. The lowest BCUT2D eigenvalue weighted by atomic mass is 9.89. The van der Waals surface area contributed by atoms with Crippen LogP contribution in [-0.2, 0) is 11.3 Å². The first-order valence-corrected chi connectivity index (χ1v) is 8.44. The minimum atomic E-state index is 0.0252. The summed E-state index contributed by atoms with van der Waals surface area (Å²) in [6, 6.07) is 14.1. The maximum absolute atomic E-state index is 12.7. The molecule has 1 aliphatic rings. The van der Waals surface area contributed by atoms with Crippen molar-refractivity contribution in [2.24, 2.45) is 0 Å². The molecule has 1 fully saturated rings. The fourth-order valence-electron chi connectivity index (χ4n) is 3.49. The zero-order valence-electron chi connectivity index (χ0n) is 14.1. The van der Waals surface area contributed by atoms with Crippen LogP contribution in [0.3, 0.4) is 0 Å². The van der Waals surface area contributed by atoms with Crippen LogP contribution in [0.4, 0.5) is 0 Å². The number of benzene rings is 1. The van der Waals surface area contributed by atoms with Gasteiger partial charge in [0.2, 0.25) is 11.8 Å². The summed E-state index contributed by atoms with van der Waals surface area (Å²) in [7, 11) is 0. The van der Waals surface area contributed by atoms with E-state index in [-0.39, 0.29) is 17.7 Å². The topological polar surface area (TPSA) is 64.2 Å². The number of amides is 1. The highest BCUT2D eigenvalue weighted by atomic mass is 16.5. The Morgan fingerprint density at radius 3 is 2.52 bits per heavy atom. The Balaban J connectivity index is 1.59. The van der Waals surface area contributed by atoms with Crippen LogP contribution in [-0.4, -0.2) is 38.6 Å². The van der Waals surface area contributed by atoms with Crippen LogP contribution in [0.2, 0.25) is 0 Å². The van der Waals surface area contributed by atoms with Crippen molar-refractivity contribution in [3.05, 3.63) is 72.1 Å². The second kappa shape index (κ2) is 6.55. The van der Waals surface area contributed by atoms with E-state index in [9.17, 15) is 4.79 Å². The van der Waals surface area contributed by atoms with Crippen molar-refractivity contribution in [2.75, 3.05) is 13.1 Å². The molecule has 1 aliphatic heterocycles. The van der Waals surface area contributed by atoms with Gasteiger partial charge in [-0.1, -0.05) is 35.5 Å². The lowest BCUT2D eigenvalue weighted by Crippen LogP contribution is -2.31. The van der Waals surface area contributed by atoms with Gasteiger partial charge in [0, 0.05) is 31.4 Å². The standard InChI is InChI=1S/C19H20N4O2/c1-14-20-19(25-21-14)17-12-23(18(24)13-22-9-5-6-10-22)11-16(17)15-7-3-2-4-8-15/h2-10,16-17H,11-13H2,1H3/t16-,17+/m0/s1. The molecular formula is C19H20N4O2. The Morgan fingerprint density at radius 2 is 1.84 bits per heavy atom. The number of aryl methyl sites for hydroxylation is 1. The Hall–Kier alpha value is -2.89. The van der Waals surface area contributed by atoms with Crippen molar-refractivity contribution in [3.63, 3.8) is 0 Å². The molecule has 6 heteroatoms. The van der Waals surface area contributed by atoms with Gasteiger partial charge in [0.15, 0.2) is 5.82 Å². The van der Waals surface area contributed by atoms with Crippen molar-refractivity contribution in [1.82, 2.24) is 19.6 Å². The SMILES string of the molecule is Cc1noc([C@@H]2CN(C(=O)Cn3cccc3)C[C@H]2c2ccccc2)n1. The molecule has 0 saturated carbocycles. The summed E-state index contributed by atoms with van der Waals surface area (Å²) in [6.07, 6.45) is 3.81. The van der Waals surface area contributed by atoms with E-state index in [4.69, 9.17) is 4.52 Å². The predicted molar refractivity (Wildman–Crippen MR) is 92.0 cm³/mol. The van der Waals surface area contributed by atoms with E-state index in [2.05, 4.69) is 22.3 Å². The number of nitrogens with zero attached hydrogens (tertiary/aromatic N) is 4. The number of carbonyl (C=O) groups is 1. The van der Waals surface area contributed by atoms with Gasteiger partial charge in [-0.05, 0) is 24.6 Å². The molecule has 3 heterocycles. The Morgan fingerprint density at radius 1 is 1.12 bits per heavy atom. The van der Waals surface area contributed by atoms with Gasteiger partial charge in [-0.3, -0.25) is 4.79 Å². The van der Waals surface area contributed by atoms with Crippen molar-refractivity contribution in [3.8, 4) is 0 Å². The van der Waals surface area contributed by atoms with Crippen molar-refractivity contribution >= 4 is 5.91 Å². The predicted octanol–water partition coefficient (Wildman–Crippen LogP) is 2.59. The number of hydrogen-bond acceptors (Lipinski definition) is 4. The van der Waals surface area contributed by atoms with Crippen LogP contribution in [0.25, 0.3) is 0 Å². The first-order valence-electron chi connectivity index (χ1n) is 8.44. The minimum Gasteiger partial charge on any atom is -0.345 e. The molecule has 0 unspecified atom stereocenters. The summed E-state index contributed by atoms with van der Waals surface area (Å²) in [5.41, 5.74) is 1.19. The average molecular weight is 336 g/mol. The van der Waals surface area contributed by atoms with Gasteiger partial charge < -0.3 is 14.0 Å². The lowest BCUT2D eigenvalue weighted by molar-refractivity contribution is -0.130. The van der Waals surface area contributed by atoms with Crippen LogP contribution >= 0.6 is 0 Å². The molecule has 1 aromatic carbocycles. The second-order valence-electron chi connectivity index (χ2n) is 6.46. The van der Waals surface area contributed by atoms with E-state index in [1.54, 1.807) is 0 Å². The molecule has 1 amide bonds. The lowest BCUT2D eigenvalue weighted by Gasteiger charge is -2.17. The van der Waals surface area contributed by atoms with E-state index in [0.29, 0.717) is 31.3 Å². The molecule has 6 nitrogen and oxygen atoms in total. The van der Waals surface area contributed by atoms with Crippen molar-refractivity contribution in [1.29, 1.82) is 0 Å². The van der Waals surface area contributed by atoms with E-state index in [1.807, 2.05) is 59.1 Å². The smallest absolute Gasteiger partial charge is 0.242 e. The fourth-order valence-corrected chi connectivity index (χ4v) is 3.49. The van der Waals surface area contributed by atoms with Gasteiger partial charge in [-0.2, -0.15) is 4.98 Å². The molecule has 25 heavy (non-hydrogen) atoms. The number of aromatic nitrogens is 3. The first-order chi connectivity index (χ1) is 12.2. The normalized spacial score (nSPS) is 20.1. The summed E-state index contributed by atoms with van der Waals surface area (Å²) in [5.74, 6) is 1.53. The Labute approximate surface area is 146 Å². The maximum Gasteiger partial charge on any atom is 0.242 e. The van der Waals surface area contributed by atoms with Crippen LogP contribution in [0.1, 0.15) is 29.1 Å². The van der Waals surface area contributed by atoms with Gasteiger partial charge in [-0.15, -0.1) is 0 Å². The van der Waals surface area contributed by atoms with Crippen LogP contribution in [0.5, 0.6) is 0 Å². The van der Waals surface area contributed by atoms with Gasteiger partial charge >= 0.3 is 0 Å². The van der Waals surface area contributed by atoms with Crippen LogP contribution in [0, 0.1) is 6.92 Å². The Kier molecular flexibility index (Phi) is 4.09. The second-order valence-corrected chi connectivity index (χ2v) is 6.46. The first kappa shape index (κ1) is 15.6. The monoisotopic (exact) mass is 336 g/mol. The quantitative estimate of drug-likeness (QED) is 0.734. The van der Waals surface area contributed by atoms with Gasteiger partial charge in [0.05, 0.1) is 5.92 Å².